The first-order valence-corrected chi connectivity index (χ1v) is 4.86. The summed E-state index contributed by atoms with van der Waals surface area (Å²) in [6.45, 7) is 0.0150. The van der Waals surface area contributed by atoms with Crippen molar-refractivity contribution in [2.24, 2.45) is 0 Å². The van der Waals surface area contributed by atoms with Gasteiger partial charge in [0.25, 0.3) is 0 Å². The fourth-order valence-electron chi connectivity index (χ4n) is 1.22. The predicted molar refractivity (Wildman–Crippen MR) is 49.8 cm³/mol. The molecule has 0 aliphatic heterocycles. The number of aromatic nitrogens is 1. The Hall–Kier alpha value is -0.410. The largest absolute Gasteiger partial charge is 0.390 e. The highest BCUT2D eigenvalue weighted by atomic mass is 79.9. The molecule has 2 rings (SSSR count). The van der Waals surface area contributed by atoms with Crippen LogP contribution in [0.3, 0.4) is 0 Å². The molecule has 0 unspecified atom stereocenters. The number of halogens is 1. The highest BCUT2D eigenvalue weighted by Crippen LogP contribution is 2.39. The van der Waals surface area contributed by atoms with Gasteiger partial charge < -0.3 is 5.11 Å². The van der Waals surface area contributed by atoms with E-state index in [1.54, 1.807) is 0 Å². The molecule has 3 heteroatoms. The molecule has 1 aliphatic carbocycles. The third-order valence-corrected chi connectivity index (χ3v) is 2.81. The number of rotatable bonds is 2. The van der Waals surface area contributed by atoms with E-state index in [0.717, 1.165) is 15.9 Å². The standard InChI is InChI=1S/C9H10BrNO/c10-7-3-4-8(6-1-2-6)11-9(7)5-12/h3-4,6,12H,1-2,5H2. The van der Waals surface area contributed by atoms with E-state index < -0.39 is 0 Å². The average molecular weight is 228 g/mol. The average Bonchev–Trinajstić information content (AvgIpc) is 2.88. The number of hydrogen-bond donors (Lipinski definition) is 1. The molecule has 64 valence electrons. The molecule has 0 amide bonds. The molecule has 1 heterocycles. The minimum atomic E-state index is 0.0150. The van der Waals surface area contributed by atoms with E-state index in [4.69, 9.17) is 5.11 Å². The number of pyridine rings is 1. The molecule has 0 radical (unpaired) electrons. The van der Waals surface area contributed by atoms with E-state index in [2.05, 4.69) is 20.9 Å². The Morgan fingerprint density at radius 1 is 1.50 bits per heavy atom. The summed E-state index contributed by atoms with van der Waals surface area (Å²) in [5, 5.41) is 8.95. The summed E-state index contributed by atoms with van der Waals surface area (Å²) < 4.78 is 0.898. The van der Waals surface area contributed by atoms with Crippen molar-refractivity contribution in [1.82, 2.24) is 4.98 Å². The molecule has 1 aliphatic rings. The van der Waals surface area contributed by atoms with E-state index in [-0.39, 0.29) is 6.61 Å². The first-order chi connectivity index (χ1) is 5.81. The molecule has 2 nitrogen and oxygen atoms in total. The Balaban J connectivity index is 2.33. The van der Waals surface area contributed by atoms with Crippen molar-refractivity contribution >= 4 is 15.9 Å². The minimum Gasteiger partial charge on any atom is -0.390 e. The van der Waals surface area contributed by atoms with Crippen LogP contribution in [0.15, 0.2) is 16.6 Å². The lowest BCUT2D eigenvalue weighted by atomic mass is 10.2. The summed E-state index contributed by atoms with van der Waals surface area (Å²) >= 11 is 3.34. The van der Waals surface area contributed by atoms with Gasteiger partial charge in [-0.25, -0.2) is 0 Å². The molecule has 12 heavy (non-hydrogen) atoms. The first kappa shape index (κ1) is 8.20. The maximum Gasteiger partial charge on any atom is 0.0864 e. The Morgan fingerprint density at radius 3 is 2.83 bits per heavy atom. The fourth-order valence-corrected chi connectivity index (χ4v) is 1.56. The molecule has 0 saturated heterocycles. The summed E-state index contributed by atoms with van der Waals surface area (Å²) in [7, 11) is 0. The van der Waals surface area contributed by atoms with Crippen molar-refractivity contribution < 1.29 is 5.11 Å². The smallest absolute Gasteiger partial charge is 0.0864 e. The molecule has 1 aromatic rings. The third-order valence-electron chi connectivity index (χ3n) is 2.09. The van der Waals surface area contributed by atoms with Crippen LogP contribution in [0.25, 0.3) is 0 Å². The number of aliphatic hydroxyl groups is 1. The van der Waals surface area contributed by atoms with Gasteiger partial charge in [-0.3, -0.25) is 4.98 Å². The lowest BCUT2D eigenvalue weighted by Gasteiger charge is -2.02. The van der Waals surface area contributed by atoms with Crippen LogP contribution in [0.4, 0.5) is 0 Å². The monoisotopic (exact) mass is 227 g/mol. The molecule has 1 fully saturated rings. The normalized spacial score (nSPS) is 16.5. The second-order valence-corrected chi connectivity index (χ2v) is 3.95. The van der Waals surface area contributed by atoms with E-state index in [0.29, 0.717) is 5.92 Å². The Morgan fingerprint density at radius 2 is 2.25 bits per heavy atom. The van der Waals surface area contributed by atoms with Gasteiger partial charge in [0.2, 0.25) is 0 Å². The number of nitrogens with zero attached hydrogens (tertiary/aromatic N) is 1. The molecule has 1 N–H and O–H groups in total. The topological polar surface area (TPSA) is 33.1 Å². The van der Waals surface area contributed by atoms with Gasteiger partial charge in [0.15, 0.2) is 0 Å². The summed E-state index contributed by atoms with van der Waals surface area (Å²) in [5.74, 6) is 0.656. The molecule has 1 aromatic heterocycles. The second-order valence-electron chi connectivity index (χ2n) is 3.10. The Bertz CT molecular complexity index is 297. The van der Waals surface area contributed by atoms with Gasteiger partial charge in [-0.05, 0) is 40.9 Å². The van der Waals surface area contributed by atoms with Crippen LogP contribution in [0.1, 0.15) is 30.1 Å². The zero-order valence-corrected chi connectivity index (χ0v) is 8.21. The molecule has 0 aromatic carbocycles. The van der Waals surface area contributed by atoms with Crippen LogP contribution in [0, 0.1) is 0 Å². The molecule has 1 saturated carbocycles. The van der Waals surface area contributed by atoms with Gasteiger partial charge in [0.05, 0.1) is 12.3 Å². The van der Waals surface area contributed by atoms with Crippen LogP contribution in [0.5, 0.6) is 0 Å². The van der Waals surface area contributed by atoms with E-state index in [1.807, 2.05) is 12.1 Å². The lowest BCUT2D eigenvalue weighted by molar-refractivity contribution is 0.275. The Labute approximate surface area is 79.8 Å². The van der Waals surface area contributed by atoms with Gasteiger partial charge in [0.1, 0.15) is 0 Å². The SMILES string of the molecule is OCc1nc(C2CC2)ccc1Br. The van der Waals surface area contributed by atoms with E-state index >= 15 is 0 Å². The zero-order valence-electron chi connectivity index (χ0n) is 6.63. The molecule has 0 atom stereocenters. The number of aliphatic hydroxyl groups excluding tert-OH is 1. The highest BCUT2D eigenvalue weighted by molar-refractivity contribution is 9.10. The maximum absolute atomic E-state index is 8.95. The van der Waals surface area contributed by atoms with Gasteiger partial charge in [-0.1, -0.05) is 0 Å². The van der Waals surface area contributed by atoms with Crippen molar-refractivity contribution in [3.05, 3.63) is 28.0 Å². The highest BCUT2D eigenvalue weighted by Gasteiger charge is 2.25. The van der Waals surface area contributed by atoms with Crippen LogP contribution >= 0.6 is 15.9 Å². The molecule has 0 bridgehead atoms. The van der Waals surface area contributed by atoms with Crippen molar-refractivity contribution in [1.29, 1.82) is 0 Å². The quantitative estimate of drug-likeness (QED) is 0.841. The van der Waals surface area contributed by atoms with Crippen LogP contribution < -0.4 is 0 Å². The van der Waals surface area contributed by atoms with Gasteiger partial charge in [-0.2, -0.15) is 0 Å². The van der Waals surface area contributed by atoms with Crippen molar-refractivity contribution in [2.75, 3.05) is 0 Å². The van der Waals surface area contributed by atoms with Gasteiger partial charge >= 0.3 is 0 Å². The molecular formula is C9H10BrNO. The van der Waals surface area contributed by atoms with Crippen molar-refractivity contribution in [2.45, 2.75) is 25.4 Å². The number of hydrogen-bond acceptors (Lipinski definition) is 2. The molecular weight excluding hydrogens is 218 g/mol. The summed E-state index contributed by atoms with van der Waals surface area (Å²) in [6, 6.07) is 3.99. The molecule has 0 spiro atoms. The fraction of sp³-hybridized carbons (Fsp3) is 0.444. The Kier molecular flexibility index (Phi) is 2.15. The summed E-state index contributed by atoms with van der Waals surface area (Å²) in [6.07, 6.45) is 2.50. The zero-order chi connectivity index (χ0) is 8.55. The van der Waals surface area contributed by atoms with Crippen LogP contribution in [-0.4, -0.2) is 10.1 Å². The van der Waals surface area contributed by atoms with Crippen molar-refractivity contribution in [3.63, 3.8) is 0 Å². The second kappa shape index (κ2) is 3.15. The minimum absolute atomic E-state index is 0.0150. The summed E-state index contributed by atoms with van der Waals surface area (Å²) in [5.41, 5.74) is 1.88. The van der Waals surface area contributed by atoms with E-state index in [1.165, 1.54) is 12.8 Å². The van der Waals surface area contributed by atoms with E-state index in [9.17, 15) is 0 Å². The van der Waals surface area contributed by atoms with Gasteiger partial charge in [-0.15, -0.1) is 0 Å². The first-order valence-electron chi connectivity index (χ1n) is 4.07. The van der Waals surface area contributed by atoms with Gasteiger partial charge in [0, 0.05) is 16.1 Å². The predicted octanol–water partition coefficient (Wildman–Crippen LogP) is 2.21. The van der Waals surface area contributed by atoms with Crippen LogP contribution in [-0.2, 0) is 6.61 Å². The van der Waals surface area contributed by atoms with Crippen LogP contribution in [0.2, 0.25) is 0 Å². The maximum atomic E-state index is 8.95. The lowest BCUT2D eigenvalue weighted by Crippen LogP contribution is -1.94. The summed E-state index contributed by atoms with van der Waals surface area (Å²) in [4.78, 5) is 4.36. The van der Waals surface area contributed by atoms with Crippen molar-refractivity contribution in [3.8, 4) is 0 Å². The third kappa shape index (κ3) is 1.52.